The summed E-state index contributed by atoms with van der Waals surface area (Å²) in [5, 5.41) is 0. The molecule has 0 aromatic heterocycles. The van der Waals surface area contributed by atoms with Gasteiger partial charge in [-0.1, -0.05) is 13.8 Å². The molecule has 6 nitrogen and oxygen atoms in total. The molecule has 7 heteroatoms. The van der Waals surface area contributed by atoms with E-state index in [1.165, 1.54) is 20.3 Å². The minimum Gasteiger partial charge on any atom is -0.497 e. The smallest absolute Gasteiger partial charge is 0.246 e. The molecule has 1 unspecified atom stereocenters. The summed E-state index contributed by atoms with van der Waals surface area (Å²) >= 11 is 0. The van der Waals surface area contributed by atoms with Crippen molar-refractivity contribution >= 4 is 10.0 Å². The number of likely N-dealkylation sites (N-methyl/N-ethyl adjacent to an activating group) is 1. The number of hydrogen-bond donors (Lipinski definition) is 0. The number of hydrogen-bond acceptors (Lipinski definition) is 5. The Balaban J connectivity index is 2.29. The molecule has 0 aliphatic carbocycles. The van der Waals surface area contributed by atoms with Gasteiger partial charge < -0.3 is 9.47 Å². The van der Waals surface area contributed by atoms with Crippen molar-refractivity contribution in [2.24, 2.45) is 0 Å². The van der Waals surface area contributed by atoms with Crippen LogP contribution in [0.4, 0.5) is 0 Å². The van der Waals surface area contributed by atoms with E-state index in [2.05, 4.69) is 18.7 Å². The lowest BCUT2D eigenvalue weighted by atomic mass is 10.2. The van der Waals surface area contributed by atoms with Gasteiger partial charge >= 0.3 is 0 Å². The SMILES string of the molecule is CCN(CC)C1CCN(S(=O)(=O)c2cc(OC)ccc2OC)C1. The second-order valence-electron chi connectivity index (χ2n) is 5.54. The van der Waals surface area contributed by atoms with Crippen LogP contribution in [0.15, 0.2) is 23.1 Å². The number of nitrogens with zero attached hydrogens (tertiary/aromatic N) is 2. The first-order chi connectivity index (χ1) is 11.0. The van der Waals surface area contributed by atoms with Crippen LogP contribution >= 0.6 is 0 Å². The fourth-order valence-corrected chi connectivity index (χ4v) is 4.75. The fraction of sp³-hybridized carbons (Fsp3) is 0.625. The topological polar surface area (TPSA) is 59.1 Å². The van der Waals surface area contributed by atoms with E-state index in [0.29, 0.717) is 24.6 Å². The molecule has 0 amide bonds. The molecule has 1 saturated heterocycles. The standard InChI is InChI=1S/C16H26N2O4S/c1-5-17(6-2)13-9-10-18(12-13)23(19,20)16-11-14(21-3)7-8-15(16)22-4/h7-8,11,13H,5-6,9-10,12H2,1-4H3. The highest BCUT2D eigenvalue weighted by Gasteiger charge is 2.36. The molecule has 23 heavy (non-hydrogen) atoms. The molecule has 0 bridgehead atoms. The Hall–Kier alpha value is -1.31. The Kier molecular flexibility index (Phi) is 5.89. The van der Waals surface area contributed by atoms with Crippen molar-refractivity contribution in [1.82, 2.24) is 9.21 Å². The molecule has 0 N–H and O–H groups in total. The van der Waals surface area contributed by atoms with Crippen molar-refractivity contribution in [1.29, 1.82) is 0 Å². The zero-order valence-corrected chi connectivity index (χ0v) is 15.1. The summed E-state index contributed by atoms with van der Waals surface area (Å²) in [6.45, 7) is 7.11. The molecule has 130 valence electrons. The molecule has 0 spiro atoms. The summed E-state index contributed by atoms with van der Waals surface area (Å²) < 4.78 is 37.9. The van der Waals surface area contributed by atoms with Gasteiger partial charge in [-0.05, 0) is 31.6 Å². The number of methoxy groups -OCH3 is 2. The molecular weight excluding hydrogens is 316 g/mol. The minimum absolute atomic E-state index is 0.166. The van der Waals surface area contributed by atoms with Gasteiger partial charge in [-0.3, -0.25) is 4.90 Å². The second-order valence-corrected chi connectivity index (χ2v) is 7.45. The lowest BCUT2D eigenvalue weighted by Gasteiger charge is -2.26. The van der Waals surface area contributed by atoms with E-state index in [-0.39, 0.29) is 10.9 Å². The molecule has 1 atom stereocenters. The summed E-state index contributed by atoms with van der Waals surface area (Å²) in [6, 6.07) is 5.12. The first-order valence-corrected chi connectivity index (χ1v) is 9.38. The van der Waals surface area contributed by atoms with Crippen molar-refractivity contribution in [3.63, 3.8) is 0 Å². The third-order valence-corrected chi connectivity index (χ3v) is 6.33. The summed E-state index contributed by atoms with van der Waals surface area (Å²) in [4.78, 5) is 2.47. The molecule has 0 saturated carbocycles. The lowest BCUT2D eigenvalue weighted by Crippen LogP contribution is -2.38. The van der Waals surface area contributed by atoms with Crippen LogP contribution in [0.2, 0.25) is 0 Å². The van der Waals surface area contributed by atoms with Crippen LogP contribution in [0.1, 0.15) is 20.3 Å². The van der Waals surface area contributed by atoms with Crippen molar-refractivity contribution in [3.8, 4) is 11.5 Å². The molecule has 1 aromatic carbocycles. The van der Waals surface area contributed by atoms with Crippen LogP contribution in [0.3, 0.4) is 0 Å². The van der Waals surface area contributed by atoms with Crippen molar-refractivity contribution in [3.05, 3.63) is 18.2 Å². The van der Waals surface area contributed by atoms with Crippen LogP contribution in [0.25, 0.3) is 0 Å². The molecule has 0 radical (unpaired) electrons. The number of sulfonamides is 1. The Bertz CT molecular complexity index is 629. The minimum atomic E-state index is -3.60. The van der Waals surface area contributed by atoms with Crippen LogP contribution in [-0.2, 0) is 10.0 Å². The third kappa shape index (κ3) is 3.62. The molecule has 1 aliphatic rings. The number of rotatable bonds is 7. The summed E-state index contributed by atoms with van der Waals surface area (Å²) in [5.74, 6) is 0.848. The van der Waals surface area contributed by atoms with E-state index in [9.17, 15) is 8.42 Å². The molecule has 1 fully saturated rings. The third-order valence-electron chi connectivity index (χ3n) is 4.44. The Morgan fingerprint density at radius 2 is 1.91 bits per heavy atom. The van der Waals surface area contributed by atoms with Crippen LogP contribution in [-0.4, -0.2) is 64.1 Å². The predicted molar refractivity (Wildman–Crippen MR) is 89.6 cm³/mol. The van der Waals surface area contributed by atoms with Crippen LogP contribution in [0, 0.1) is 0 Å². The molecule has 1 aliphatic heterocycles. The summed E-state index contributed by atoms with van der Waals surface area (Å²) in [6.07, 6.45) is 0.854. The first kappa shape index (κ1) is 18.0. The highest BCUT2D eigenvalue weighted by atomic mass is 32.2. The Labute approximate surface area is 139 Å². The first-order valence-electron chi connectivity index (χ1n) is 7.94. The van der Waals surface area contributed by atoms with E-state index in [1.54, 1.807) is 16.4 Å². The number of ether oxygens (including phenoxy) is 2. The number of benzene rings is 1. The van der Waals surface area contributed by atoms with Crippen LogP contribution < -0.4 is 9.47 Å². The Morgan fingerprint density at radius 1 is 1.22 bits per heavy atom. The maximum absolute atomic E-state index is 13.0. The van der Waals surface area contributed by atoms with E-state index < -0.39 is 10.0 Å². The normalized spacial score (nSPS) is 19.3. The van der Waals surface area contributed by atoms with Gasteiger partial charge in [-0.15, -0.1) is 0 Å². The highest BCUT2D eigenvalue weighted by Crippen LogP contribution is 2.32. The molecule has 1 aromatic rings. The summed E-state index contributed by atoms with van der Waals surface area (Å²) in [7, 11) is -0.601. The van der Waals surface area contributed by atoms with Gasteiger partial charge in [0.1, 0.15) is 16.4 Å². The maximum Gasteiger partial charge on any atom is 0.246 e. The Morgan fingerprint density at radius 3 is 2.48 bits per heavy atom. The maximum atomic E-state index is 13.0. The average Bonchev–Trinajstić information content (AvgIpc) is 3.06. The van der Waals surface area contributed by atoms with Gasteiger partial charge in [0.05, 0.1) is 14.2 Å². The largest absolute Gasteiger partial charge is 0.497 e. The van der Waals surface area contributed by atoms with E-state index in [4.69, 9.17) is 9.47 Å². The average molecular weight is 342 g/mol. The van der Waals surface area contributed by atoms with Gasteiger partial charge in [0.2, 0.25) is 10.0 Å². The molecule has 1 heterocycles. The van der Waals surface area contributed by atoms with Crippen molar-refractivity contribution in [2.75, 3.05) is 40.4 Å². The van der Waals surface area contributed by atoms with Crippen molar-refractivity contribution < 1.29 is 17.9 Å². The van der Waals surface area contributed by atoms with E-state index in [0.717, 1.165) is 19.5 Å². The predicted octanol–water partition coefficient (Wildman–Crippen LogP) is 1.81. The van der Waals surface area contributed by atoms with Gasteiger partial charge in [0, 0.05) is 25.2 Å². The quantitative estimate of drug-likeness (QED) is 0.756. The summed E-state index contributed by atoms with van der Waals surface area (Å²) in [5.41, 5.74) is 0. The van der Waals surface area contributed by atoms with Gasteiger partial charge in [-0.25, -0.2) is 8.42 Å². The second kappa shape index (κ2) is 7.51. The molecule has 2 rings (SSSR count). The van der Waals surface area contributed by atoms with Crippen LogP contribution in [0.5, 0.6) is 11.5 Å². The zero-order chi connectivity index (χ0) is 17.0. The van der Waals surface area contributed by atoms with E-state index >= 15 is 0 Å². The highest BCUT2D eigenvalue weighted by molar-refractivity contribution is 7.89. The van der Waals surface area contributed by atoms with Crippen molar-refractivity contribution in [2.45, 2.75) is 31.2 Å². The van der Waals surface area contributed by atoms with E-state index in [1.807, 2.05) is 0 Å². The lowest BCUT2D eigenvalue weighted by molar-refractivity contribution is 0.224. The van der Waals surface area contributed by atoms with Gasteiger partial charge in [0.25, 0.3) is 0 Å². The van der Waals surface area contributed by atoms with Gasteiger partial charge in [-0.2, -0.15) is 4.31 Å². The zero-order valence-electron chi connectivity index (χ0n) is 14.3. The fourth-order valence-electron chi connectivity index (χ4n) is 3.09. The monoisotopic (exact) mass is 342 g/mol. The molecular formula is C16H26N2O4S. The van der Waals surface area contributed by atoms with Gasteiger partial charge in [0.15, 0.2) is 0 Å².